The van der Waals surface area contributed by atoms with Crippen LogP contribution in [0.3, 0.4) is 0 Å². The minimum absolute atomic E-state index is 0.535. The molecule has 0 radical (unpaired) electrons. The van der Waals surface area contributed by atoms with Crippen LogP contribution in [0.5, 0.6) is 0 Å². The van der Waals surface area contributed by atoms with Crippen molar-refractivity contribution in [2.45, 2.75) is 51.5 Å². The second kappa shape index (κ2) is 6.01. The molecule has 3 rings (SSSR count). The Kier molecular flexibility index (Phi) is 4.11. The fourth-order valence-electron chi connectivity index (χ4n) is 3.94. The number of fused-ring (bicyclic) bond motifs is 1. The normalized spacial score (nSPS) is 18.5. The van der Waals surface area contributed by atoms with Gasteiger partial charge in [0.15, 0.2) is 0 Å². The first-order valence-corrected chi connectivity index (χ1v) is 8.13. The van der Waals surface area contributed by atoms with E-state index in [9.17, 15) is 0 Å². The number of hydrogen-bond acceptors (Lipinski definition) is 1. The largest absolute Gasteiger partial charge is 0.347 e. The third kappa shape index (κ3) is 2.37. The van der Waals surface area contributed by atoms with Gasteiger partial charge in [0.25, 0.3) is 0 Å². The number of nitrogens with two attached hydrogens (primary N) is 1. The number of rotatable bonds is 4. The summed E-state index contributed by atoms with van der Waals surface area (Å²) in [5.41, 5.74) is 9.01. The molecule has 108 valence electrons. The standard InChI is InChI=1S/C18H26N2/c1-2-20-13-17(15-10-6-7-11-18(15)20)16(12-19)14-8-4-3-5-9-14/h6-7,10-11,13-14,16H,2-5,8-9,12,19H2,1H3. The van der Waals surface area contributed by atoms with Gasteiger partial charge in [-0.05, 0) is 43.9 Å². The van der Waals surface area contributed by atoms with Crippen LogP contribution in [0.4, 0.5) is 0 Å². The first kappa shape index (κ1) is 13.7. The molecule has 0 spiro atoms. The zero-order chi connectivity index (χ0) is 13.9. The van der Waals surface area contributed by atoms with Crippen LogP contribution in [-0.2, 0) is 6.54 Å². The lowest BCUT2D eigenvalue weighted by Crippen LogP contribution is -2.23. The van der Waals surface area contributed by atoms with Gasteiger partial charge >= 0.3 is 0 Å². The minimum atomic E-state index is 0.535. The van der Waals surface area contributed by atoms with Crippen molar-refractivity contribution in [2.24, 2.45) is 11.7 Å². The number of aryl methyl sites for hydroxylation is 1. The van der Waals surface area contributed by atoms with E-state index in [1.165, 1.54) is 48.6 Å². The highest BCUT2D eigenvalue weighted by Gasteiger charge is 2.26. The summed E-state index contributed by atoms with van der Waals surface area (Å²) < 4.78 is 2.37. The van der Waals surface area contributed by atoms with Gasteiger partial charge < -0.3 is 10.3 Å². The summed E-state index contributed by atoms with van der Waals surface area (Å²) in [6, 6.07) is 8.79. The van der Waals surface area contributed by atoms with Crippen molar-refractivity contribution in [2.75, 3.05) is 6.54 Å². The Morgan fingerprint density at radius 3 is 2.65 bits per heavy atom. The number of hydrogen-bond donors (Lipinski definition) is 1. The topological polar surface area (TPSA) is 30.9 Å². The zero-order valence-corrected chi connectivity index (χ0v) is 12.5. The van der Waals surface area contributed by atoms with Gasteiger partial charge in [-0.15, -0.1) is 0 Å². The Labute approximate surface area is 122 Å². The van der Waals surface area contributed by atoms with Crippen LogP contribution in [0, 0.1) is 5.92 Å². The summed E-state index contributed by atoms with van der Waals surface area (Å²) in [4.78, 5) is 0. The molecule has 1 unspecified atom stereocenters. The maximum atomic E-state index is 6.17. The summed E-state index contributed by atoms with van der Waals surface area (Å²) in [7, 11) is 0. The summed E-state index contributed by atoms with van der Waals surface area (Å²) >= 11 is 0. The van der Waals surface area contributed by atoms with Crippen molar-refractivity contribution in [3.8, 4) is 0 Å². The molecule has 2 aromatic rings. The van der Waals surface area contributed by atoms with E-state index in [1.54, 1.807) is 0 Å². The van der Waals surface area contributed by atoms with Crippen molar-refractivity contribution >= 4 is 10.9 Å². The SMILES string of the molecule is CCn1cc(C(CN)C2CCCCC2)c2ccccc21. The second-order valence-corrected chi connectivity index (χ2v) is 6.13. The summed E-state index contributed by atoms with van der Waals surface area (Å²) in [5.74, 6) is 1.32. The molecular formula is C18H26N2. The molecule has 1 aromatic carbocycles. The van der Waals surface area contributed by atoms with Gasteiger partial charge in [0, 0.05) is 29.6 Å². The lowest BCUT2D eigenvalue weighted by atomic mass is 9.77. The molecule has 20 heavy (non-hydrogen) atoms. The third-order valence-electron chi connectivity index (χ3n) is 5.03. The smallest absolute Gasteiger partial charge is 0.0483 e. The van der Waals surface area contributed by atoms with Gasteiger partial charge in [-0.3, -0.25) is 0 Å². The fraction of sp³-hybridized carbons (Fsp3) is 0.556. The molecular weight excluding hydrogens is 244 g/mol. The molecule has 2 N–H and O–H groups in total. The maximum absolute atomic E-state index is 6.17. The molecule has 1 fully saturated rings. The number of para-hydroxylation sites is 1. The molecule has 1 aromatic heterocycles. The van der Waals surface area contributed by atoms with Crippen molar-refractivity contribution < 1.29 is 0 Å². The number of aromatic nitrogens is 1. The zero-order valence-electron chi connectivity index (χ0n) is 12.5. The minimum Gasteiger partial charge on any atom is -0.347 e. The average Bonchev–Trinajstić information content (AvgIpc) is 2.88. The van der Waals surface area contributed by atoms with Crippen LogP contribution >= 0.6 is 0 Å². The lowest BCUT2D eigenvalue weighted by Gasteiger charge is -2.29. The Morgan fingerprint density at radius 2 is 1.95 bits per heavy atom. The van der Waals surface area contributed by atoms with Gasteiger partial charge in [-0.25, -0.2) is 0 Å². The van der Waals surface area contributed by atoms with E-state index in [2.05, 4.69) is 42.0 Å². The van der Waals surface area contributed by atoms with E-state index in [0.717, 1.165) is 19.0 Å². The second-order valence-electron chi connectivity index (χ2n) is 6.13. The van der Waals surface area contributed by atoms with Crippen molar-refractivity contribution in [3.63, 3.8) is 0 Å². The van der Waals surface area contributed by atoms with Crippen LogP contribution in [0.25, 0.3) is 10.9 Å². The summed E-state index contributed by atoms with van der Waals surface area (Å²) in [5, 5.41) is 1.41. The van der Waals surface area contributed by atoms with E-state index in [0.29, 0.717) is 5.92 Å². The van der Waals surface area contributed by atoms with Crippen molar-refractivity contribution in [1.82, 2.24) is 4.57 Å². The molecule has 1 heterocycles. The van der Waals surface area contributed by atoms with E-state index >= 15 is 0 Å². The monoisotopic (exact) mass is 270 g/mol. The maximum Gasteiger partial charge on any atom is 0.0483 e. The Balaban J connectivity index is 2.02. The van der Waals surface area contributed by atoms with E-state index in [-0.39, 0.29) is 0 Å². The first-order chi connectivity index (χ1) is 9.85. The predicted molar refractivity (Wildman–Crippen MR) is 86.0 cm³/mol. The quantitative estimate of drug-likeness (QED) is 0.883. The molecule has 0 aliphatic heterocycles. The van der Waals surface area contributed by atoms with Gasteiger partial charge in [0.1, 0.15) is 0 Å². The molecule has 2 heteroatoms. The molecule has 0 saturated heterocycles. The van der Waals surface area contributed by atoms with Gasteiger partial charge in [0.05, 0.1) is 0 Å². The summed E-state index contributed by atoms with van der Waals surface area (Å²) in [6.45, 7) is 4.03. The Hall–Kier alpha value is -1.28. The van der Waals surface area contributed by atoms with Gasteiger partial charge in [-0.1, -0.05) is 37.5 Å². The van der Waals surface area contributed by atoms with Crippen LogP contribution in [0.15, 0.2) is 30.5 Å². The van der Waals surface area contributed by atoms with Crippen LogP contribution in [-0.4, -0.2) is 11.1 Å². The molecule has 0 bridgehead atoms. The Bertz CT molecular complexity index is 564. The van der Waals surface area contributed by atoms with Crippen LogP contribution in [0.2, 0.25) is 0 Å². The average molecular weight is 270 g/mol. The van der Waals surface area contributed by atoms with Crippen LogP contribution in [0.1, 0.15) is 50.5 Å². The molecule has 2 nitrogen and oxygen atoms in total. The molecule has 0 amide bonds. The highest BCUT2D eigenvalue weighted by Crippen LogP contribution is 2.38. The fourth-order valence-corrected chi connectivity index (χ4v) is 3.94. The lowest BCUT2D eigenvalue weighted by molar-refractivity contribution is 0.308. The highest BCUT2D eigenvalue weighted by atomic mass is 14.9. The van der Waals surface area contributed by atoms with E-state index in [1.807, 2.05) is 0 Å². The molecule has 1 saturated carbocycles. The van der Waals surface area contributed by atoms with E-state index < -0.39 is 0 Å². The molecule has 1 aliphatic carbocycles. The third-order valence-corrected chi connectivity index (χ3v) is 5.03. The molecule has 1 aliphatic rings. The van der Waals surface area contributed by atoms with Crippen molar-refractivity contribution in [1.29, 1.82) is 0 Å². The van der Waals surface area contributed by atoms with Gasteiger partial charge in [-0.2, -0.15) is 0 Å². The van der Waals surface area contributed by atoms with E-state index in [4.69, 9.17) is 5.73 Å². The summed E-state index contributed by atoms with van der Waals surface area (Å²) in [6.07, 6.45) is 9.24. The first-order valence-electron chi connectivity index (χ1n) is 8.13. The molecule has 1 atom stereocenters. The van der Waals surface area contributed by atoms with Crippen molar-refractivity contribution in [3.05, 3.63) is 36.0 Å². The van der Waals surface area contributed by atoms with Gasteiger partial charge in [0.2, 0.25) is 0 Å². The highest BCUT2D eigenvalue weighted by molar-refractivity contribution is 5.84. The number of nitrogens with zero attached hydrogens (tertiary/aromatic N) is 1. The van der Waals surface area contributed by atoms with Crippen LogP contribution < -0.4 is 5.73 Å². The predicted octanol–water partition coefficient (Wildman–Crippen LogP) is 4.28. The number of benzene rings is 1. The Morgan fingerprint density at radius 1 is 1.20 bits per heavy atom.